The minimum atomic E-state index is -3.11. The monoisotopic (exact) mass is 269 g/mol. The van der Waals surface area contributed by atoms with E-state index in [4.69, 9.17) is 4.74 Å². The zero-order chi connectivity index (χ0) is 13.0. The number of ether oxygens (including phenoxy) is 1. The highest BCUT2D eigenvalue weighted by atomic mass is 32.2. The molecule has 0 aromatic heterocycles. The lowest BCUT2D eigenvalue weighted by Gasteiger charge is -2.12. The van der Waals surface area contributed by atoms with E-state index in [2.05, 4.69) is 5.32 Å². The number of rotatable bonds is 5. The zero-order valence-electron chi connectivity index (χ0n) is 10.6. The van der Waals surface area contributed by atoms with Crippen molar-refractivity contribution in [2.24, 2.45) is 0 Å². The summed E-state index contributed by atoms with van der Waals surface area (Å²) in [5.74, 6) is 0.205. The predicted octanol–water partition coefficient (Wildman–Crippen LogP) is 2.07. The molecule has 0 aliphatic carbocycles. The first-order valence-electron chi connectivity index (χ1n) is 6.29. The van der Waals surface area contributed by atoms with Gasteiger partial charge in [0.1, 0.15) is 0 Å². The van der Waals surface area contributed by atoms with Gasteiger partial charge >= 0.3 is 0 Å². The molecular formula is C13H19NO3S. The summed E-state index contributed by atoms with van der Waals surface area (Å²) in [6.45, 7) is 3.38. The molecule has 0 bridgehead atoms. The third kappa shape index (κ3) is 3.23. The Bertz CT molecular complexity index is 475. The molecule has 2 rings (SSSR count). The highest BCUT2D eigenvalue weighted by molar-refractivity contribution is 7.91. The summed E-state index contributed by atoms with van der Waals surface area (Å²) in [7, 11) is -3.11. The molecule has 1 aromatic rings. The second-order valence-corrected chi connectivity index (χ2v) is 6.66. The standard InChI is InChI=1S/C13H19NO3S/c1-2-9-18(15,16)13-5-3-11(4-6-13)14-12-7-8-17-10-12/h3-6,12,14H,2,7-10H2,1H3. The van der Waals surface area contributed by atoms with Crippen molar-refractivity contribution in [3.8, 4) is 0 Å². The Balaban J connectivity index is 2.05. The summed E-state index contributed by atoms with van der Waals surface area (Å²) >= 11 is 0. The van der Waals surface area contributed by atoms with Crippen LogP contribution in [-0.4, -0.2) is 33.4 Å². The number of hydrogen-bond donors (Lipinski definition) is 1. The van der Waals surface area contributed by atoms with Crippen molar-refractivity contribution < 1.29 is 13.2 Å². The second-order valence-electron chi connectivity index (χ2n) is 4.55. The molecule has 18 heavy (non-hydrogen) atoms. The lowest BCUT2D eigenvalue weighted by Crippen LogP contribution is -2.18. The quantitative estimate of drug-likeness (QED) is 0.889. The summed E-state index contributed by atoms with van der Waals surface area (Å²) in [6, 6.07) is 7.32. The molecule has 100 valence electrons. The van der Waals surface area contributed by atoms with Crippen LogP contribution in [0.2, 0.25) is 0 Å². The van der Waals surface area contributed by atoms with Crippen molar-refractivity contribution in [2.75, 3.05) is 24.3 Å². The lowest BCUT2D eigenvalue weighted by atomic mass is 10.2. The molecule has 1 heterocycles. The molecule has 1 atom stereocenters. The van der Waals surface area contributed by atoms with Gasteiger partial charge in [-0.2, -0.15) is 0 Å². The highest BCUT2D eigenvalue weighted by Gasteiger charge is 2.16. The molecule has 1 unspecified atom stereocenters. The average molecular weight is 269 g/mol. The number of nitrogens with one attached hydrogen (secondary N) is 1. The normalized spacial score (nSPS) is 19.9. The topological polar surface area (TPSA) is 55.4 Å². The van der Waals surface area contributed by atoms with Gasteiger partial charge < -0.3 is 10.1 Å². The molecule has 1 fully saturated rings. The van der Waals surface area contributed by atoms with Gasteiger partial charge in [0.15, 0.2) is 9.84 Å². The summed E-state index contributed by atoms with van der Waals surface area (Å²) in [5.41, 5.74) is 0.945. The van der Waals surface area contributed by atoms with E-state index in [0.29, 0.717) is 17.4 Å². The van der Waals surface area contributed by atoms with Gasteiger partial charge in [0, 0.05) is 12.3 Å². The SMILES string of the molecule is CCCS(=O)(=O)c1ccc(NC2CCOC2)cc1. The molecule has 1 aromatic carbocycles. The van der Waals surface area contributed by atoms with Crippen molar-refractivity contribution in [3.05, 3.63) is 24.3 Å². The van der Waals surface area contributed by atoms with Crippen molar-refractivity contribution in [1.82, 2.24) is 0 Å². The molecule has 1 N–H and O–H groups in total. The fraction of sp³-hybridized carbons (Fsp3) is 0.538. The Morgan fingerprint density at radius 1 is 1.33 bits per heavy atom. The molecule has 0 spiro atoms. The molecule has 1 aliphatic rings. The van der Waals surface area contributed by atoms with Crippen LogP contribution in [0.3, 0.4) is 0 Å². The summed E-state index contributed by atoms with van der Waals surface area (Å²) in [4.78, 5) is 0.401. The van der Waals surface area contributed by atoms with E-state index in [0.717, 1.165) is 25.3 Å². The van der Waals surface area contributed by atoms with E-state index < -0.39 is 9.84 Å². The molecule has 0 radical (unpaired) electrons. The summed E-state index contributed by atoms with van der Waals surface area (Å²) < 4.78 is 29.0. The smallest absolute Gasteiger partial charge is 0.178 e. The Labute approximate surface area is 108 Å². The summed E-state index contributed by atoms with van der Waals surface area (Å²) in [5, 5.41) is 3.33. The molecule has 4 nitrogen and oxygen atoms in total. The van der Waals surface area contributed by atoms with E-state index in [1.165, 1.54) is 0 Å². The minimum Gasteiger partial charge on any atom is -0.380 e. The van der Waals surface area contributed by atoms with Gasteiger partial charge in [-0.15, -0.1) is 0 Å². The van der Waals surface area contributed by atoms with E-state index in [9.17, 15) is 8.42 Å². The molecular weight excluding hydrogens is 250 g/mol. The van der Waals surface area contributed by atoms with Crippen LogP contribution in [0.4, 0.5) is 5.69 Å². The highest BCUT2D eigenvalue weighted by Crippen LogP contribution is 2.18. The van der Waals surface area contributed by atoms with Gasteiger partial charge in [0.25, 0.3) is 0 Å². The number of hydrogen-bond acceptors (Lipinski definition) is 4. The van der Waals surface area contributed by atoms with Crippen LogP contribution in [0, 0.1) is 0 Å². The molecule has 1 saturated heterocycles. The van der Waals surface area contributed by atoms with Crippen LogP contribution >= 0.6 is 0 Å². The molecule has 1 aliphatic heterocycles. The fourth-order valence-electron chi connectivity index (χ4n) is 2.03. The van der Waals surface area contributed by atoms with Crippen LogP contribution in [0.25, 0.3) is 0 Å². The first-order chi connectivity index (χ1) is 8.62. The molecule has 0 saturated carbocycles. The van der Waals surface area contributed by atoms with Crippen molar-refractivity contribution in [3.63, 3.8) is 0 Å². The maximum Gasteiger partial charge on any atom is 0.178 e. The third-order valence-electron chi connectivity index (χ3n) is 2.99. The van der Waals surface area contributed by atoms with E-state index in [1.807, 2.05) is 19.1 Å². The van der Waals surface area contributed by atoms with Crippen molar-refractivity contribution >= 4 is 15.5 Å². The second kappa shape index (κ2) is 5.71. The number of benzene rings is 1. The van der Waals surface area contributed by atoms with E-state index >= 15 is 0 Å². The Morgan fingerprint density at radius 2 is 2.06 bits per heavy atom. The minimum absolute atomic E-state index is 0.205. The zero-order valence-corrected chi connectivity index (χ0v) is 11.4. The predicted molar refractivity (Wildman–Crippen MR) is 71.6 cm³/mol. The lowest BCUT2D eigenvalue weighted by molar-refractivity contribution is 0.195. The Kier molecular flexibility index (Phi) is 4.24. The first kappa shape index (κ1) is 13.4. The van der Waals surface area contributed by atoms with Crippen molar-refractivity contribution in [2.45, 2.75) is 30.7 Å². The molecule has 0 amide bonds. The number of anilines is 1. The van der Waals surface area contributed by atoms with Crippen LogP contribution in [0.5, 0.6) is 0 Å². The summed E-state index contributed by atoms with van der Waals surface area (Å²) in [6.07, 6.45) is 1.64. The van der Waals surface area contributed by atoms with Crippen molar-refractivity contribution in [1.29, 1.82) is 0 Å². The van der Waals surface area contributed by atoms with E-state index in [1.54, 1.807) is 12.1 Å². The van der Waals surface area contributed by atoms with Crippen LogP contribution < -0.4 is 5.32 Å². The Morgan fingerprint density at radius 3 is 2.61 bits per heavy atom. The van der Waals surface area contributed by atoms with Crippen LogP contribution in [0.15, 0.2) is 29.2 Å². The third-order valence-corrected chi connectivity index (χ3v) is 4.92. The average Bonchev–Trinajstić information content (AvgIpc) is 2.82. The van der Waals surface area contributed by atoms with Gasteiger partial charge in [-0.1, -0.05) is 6.92 Å². The fourth-order valence-corrected chi connectivity index (χ4v) is 3.35. The van der Waals surface area contributed by atoms with Gasteiger partial charge in [0.2, 0.25) is 0 Å². The van der Waals surface area contributed by atoms with Gasteiger partial charge in [0.05, 0.1) is 23.3 Å². The van der Waals surface area contributed by atoms with Crippen LogP contribution in [0.1, 0.15) is 19.8 Å². The van der Waals surface area contributed by atoms with Crippen LogP contribution in [-0.2, 0) is 14.6 Å². The van der Waals surface area contributed by atoms with E-state index in [-0.39, 0.29) is 5.75 Å². The first-order valence-corrected chi connectivity index (χ1v) is 7.94. The van der Waals surface area contributed by atoms with Gasteiger partial charge in [-0.3, -0.25) is 0 Å². The van der Waals surface area contributed by atoms with Gasteiger partial charge in [-0.25, -0.2) is 8.42 Å². The Hall–Kier alpha value is -1.07. The largest absolute Gasteiger partial charge is 0.380 e. The van der Waals surface area contributed by atoms with Gasteiger partial charge in [-0.05, 0) is 37.1 Å². The molecule has 5 heteroatoms. The maximum atomic E-state index is 11.8. The maximum absolute atomic E-state index is 11.8. The number of sulfone groups is 1.